The van der Waals surface area contributed by atoms with E-state index in [9.17, 15) is 12.8 Å². The largest absolute Gasteiger partial charge is 0.454 e. The van der Waals surface area contributed by atoms with Crippen molar-refractivity contribution in [2.75, 3.05) is 11.1 Å². The van der Waals surface area contributed by atoms with Gasteiger partial charge in [-0.3, -0.25) is 4.31 Å². The molecule has 0 saturated heterocycles. The number of aryl methyl sites for hydroxylation is 1. The summed E-state index contributed by atoms with van der Waals surface area (Å²) < 4.78 is 52.8. The first-order valence-corrected chi connectivity index (χ1v) is 10.6. The average Bonchev–Trinajstić information content (AvgIpc) is 3.16. The van der Waals surface area contributed by atoms with Gasteiger partial charge in [0.05, 0.1) is 16.6 Å². The van der Waals surface area contributed by atoms with Crippen molar-refractivity contribution in [1.82, 2.24) is 0 Å². The third kappa shape index (κ3) is 3.65. The van der Waals surface area contributed by atoms with Gasteiger partial charge in [0.25, 0.3) is 10.0 Å². The average molecular weight is 413 g/mol. The Balaban J connectivity index is 1.86. The molecule has 1 heterocycles. The zero-order chi connectivity index (χ0) is 20.6. The highest BCUT2D eigenvalue weighted by Gasteiger charge is 2.31. The summed E-state index contributed by atoms with van der Waals surface area (Å²) in [6.45, 7) is 3.70. The monoisotopic (exact) mass is 413 g/mol. The fourth-order valence-electron chi connectivity index (χ4n) is 3.36. The second-order valence-corrected chi connectivity index (χ2v) is 8.70. The summed E-state index contributed by atoms with van der Waals surface area (Å²) in [4.78, 5) is 0.184. The maximum Gasteiger partial charge on any atom is 0.264 e. The molecule has 150 valence electrons. The number of hydrogen-bond donors (Lipinski definition) is 0. The molecule has 0 radical (unpaired) electrons. The van der Waals surface area contributed by atoms with Crippen LogP contribution in [0.5, 0.6) is 11.5 Å². The first kappa shape index (κ1) is 19.3. The van der Waals surface area contributed by atoms with Crippen molar-refractivity contribution in [3.8, 4) is 11.5 Å². The summed E-state index contributed by atoms with van der Waals surface area (Å²) in [5, 5.41) is 0. The Bertz CT molecular complexity index is 1150. The number of halogens is 1. The van der Waals surface area contributed by atoms with E-state index in [1.165, 1.54) is 16.4 Å². The quantitative estimate of drug-likeness (QED) is 0.602. The summed E-state index contributed by atoms with van der Waals surface area (Å²) in [6.07, 6.45) is 0. The van der Waals surface area contributed by atoms with Crippen LogP contribution in [0.25, 0.3) is 0 Å². The molecular formula is C22H20FNO4S. The van der Waals surface area contributed by atoms with Crippen molar-refractivity contribution in [2.24, 2.45) is 0 Å². The molecule has 5 nitrogen and oxygen atoms in total. The van der Waals surface area contributed by atoms with E-state index >= 15 is 0 Å². The second kappa shape index (κ2) is 7.40. The molecule has 0 bridgehead atoms. The van der Waals surface area contributed by atoms with Crippen molar-refractivity contribution in [2.45, 2.75) is 24.8 Å². The Labute approximate surface area is 169 Å². The molecule has 0 fully saturated rings. The molecule has 1 aliphatic heterocycles. The predicted molar refractivity (Wildman–Crippen MR) is 108 cm³/mol. The molecule has 0 aromatic heterocycles. The van der Waals surface area contributed by atoms with Crippen LogP contribution in [0.15, 0.2) is 71.6 Å². The summed E-state index contributed by atoms with van der Waals surface area (Å²) >= 11 is 0. The third-order valence-corrected chi connectivity index (χ3v) is 6.76. The summed E-state index contributed by atoms with van der Waals surface area (Å²) in [7, 11) is -3.91. The van der Waals surface area contributed by atoms with E-state index in [1.54, 1.807) is 55.5 Å². The van der Waals surface area contributed by atoms with E-state index in [4.69, 9.17) is 9.47 Å². The van der Waals surface area contributed by atoms with Gasteiger partial charge in [-0.05, 0) is 61.4 Å². The molecule has 7 heteroatoms. The smallest absolute Gasteiger partial charge is 0.264 e. The summed E-state index contributed by atoms with van der Waals surface area (Å²) in [5.74, 6) is 0.673. The molecule has 1 atom stereocenters. The summed E-state index contributed by atoms with van der Waals surface area (Å²) in [5.41, 5.74) is 1.94. The Hall–Kier alpha value is -3.06. The second-order valence-electron chi connectivity index (χ2n) is 6.88. The van der Waals surface area contributed by atoms with Crippen LogP contribution >= 0.6 is 0 Å². The number of fused-ring (bicyclic) bond motifs is 1. The molecule has 0 spiro atoms. The minimum atomic E-state index is -3.91. The lowest BCUT2D eigenvalue weighted by molar-refractivity contribution is 0.174. The van der Waals surface area contributed by atoms with Crippen molar-refractivity contribution >= 4 is 15.7 Å². The van der Waals surface area contributed by atoms with Crippen LogP contribution in [0.4, 0.5) is 10.1 Å². The van der Waals surface area contributed by atoms with Crippen LogP contribution in [-0.4, -0.2) is 15.2 Å². The van der Waals surface area contributed by atoms with Gasteiger partial charge in [0, 0.05) is 6.07 Å². The van der Waals surface area contributed by atoms with E-state index in [0.29, 0.717) is 22.7 Å². The topological polar surface area (TPSA) is 55.8 Å². The van der Waals surface area contributed by atoms with Gasteiger partial charge in [0.15, 0.2) is 11.5 Å². The SMILES string of the molecule is Cc1cccc(S(=O)(=O)N(c2ccc3c(c2)OCO3)C(C)c2ccc(F)cc2)c1. The Morgan fingerprint density at radius 1 is 0.966 bits per heavy atom. The molecule has 29 heavy (non-hydrogen) atoms. The van der Waals surface area contributed by atoms with Crippen LogP contribution in [0, 0.1) is 12.7 Å². The normalized spacial score (nSPS) is 13.9. The molecule has 1 unspecified atom stereocenters. The Kier molecular flexibility index (Phi) is 4.92. The lowest BCUT2D eigenvalue weighted by Crippen LogP contribution is -2.33. The number of rotatable bonds is 5. The highest BCUT2D eigenvalue weighted by atomic mass is 32.2. The molecule has 0 N–H and O–H groups in total. The lowest BCUT2D eigenvalue weighted by atomic mass is 10.1. The fourth-order valence-corrected chi connectivity index (χ4v) is 5.10. The third-order valence-electron chi connectivity index (χ3n) is 4.86. The molecule has 3 aromatic rings. The lowest BCUT2D eigenvalue weighted by Gasteiger charge is -2.31. The van der Waals surface area contributed by atoms with Gasteiger partial charge >= 0.3 is 0 Å². The Morgan fingerprint density at radius 3 is 2.41 bits per heavy atom. The minimum Gasteiger partial charge on any atom is -0.454 e. The van der Waals surface area contributed by atoms with Crippen molar-refractivity contribution < 1.29 is 22.3 Å². The van der Waals surface area contributed by atoms with Gasteiger partial charge in [-0.25, -0.2) is 12.8 Å². The van der Waals surface area contributed by atoms with E-state index in [-0.39, 0.29) is 17.5 Å². The van der Waals surface area contributed by atoms with Gasteiger partial charge in [0.1, 0.15) is 5.82 Å². The van der Waals surface area contributed by atoms with Crippen LogP contribution in [0.1, 0.15) is 24.1 Å². The van der Waals surface area contributed by atoms with Crippen molar-refractivity contribution in [3.63, 3.8) is 0 Å². The first-order chi connectivity index (χ1) is 13.9. The highest BCUT2D eigenvalue weighted by Crippen LogP contribution is 2.40. The number of sulfonamides is 1. The molecule has 1 aliphatic rings. The van der Waals surface area contributed by atoms with Crippen LogP contribution in [0.2, 0.25) is 0 Å². The van der Waals surface area contributed by atoms with Gasteiger partial charge in [-0.2, -0.15) is 0 Å². The van der Waals surface area contributed by atoms with E-state index in [1.807, 2.05) is 13.0 Å². The number of hydrogen-bond acceptors (Lipinski definition) is 4. The molecule has 0 aliphatic carbocycles. The minimum absolute atomic E-state index is 0.0942. The van der Waals surface area contributed by atoms with Gasteiger partial charge in [-0.1, -0.05) is 24.3 Å². The zero-order valence-electron chi connectivity index (χ0n) is 16.0. The van der Waals surface area contributed by atoms with E-state index in [0.717, 1.165) is 5.56 Å². The standard InChI is InChI=1S/C22H20FNO4S/c1-15-4-3-5-20(12-15)29(25,26)24(16(2)17-6-8-18(23)9-7-17)19-10-11-21-22(13-19)28-14-27-21/h3-13,16H,14H2,1-2H3. The molecule has 3 aromatic carbocycles. The summed E-state index contributed by atoms with van der Waals surface area (Å²) in [6, 6.07) is 17.0. The molecule has 0 amide bonds. The van der Waals surface area contributed by atoms with Crippen molar-refractivity contribution in [3.05, 3.63) is 83.7 Å². The molecule has 4 rings (SSSR count). The van der Waals surface area contributed by atoms with E-state index < -0.39 is 16.1 Å². The number of anilines is 1. The van der Waals surface area contributed by atoms with Gasteiger partial charge in [-0.15, -0.1) is 0 Å². The number of ether oxygens (including phenoxy) is 2. The highest BCUT2D eigenvalue weighted by molar-refractivity contribution is 7.92. The number of nitrogens with zero attached hydrogens (tertiary/aromatic N) is 1. The fraction of sp³-hybridized carbons (Fsp3) is 0.182. The number of benzene rings is 3. The van der Waals surface area contributed by atoms with Crippen LogP contribution < -0.4 is 13.8 Å². The van der Waals surface area contributed by atoms with E-state index in [2.05, 4.69) is 0 Å². The van der Waals surface area contributed by atoms with Crippen molar-refractivity contribution in [1.29, 1.82) is 0 Å². The van der Waals surface area contributed by atoms with Crippen LogP contribution in [0.3, 0.4) is 0 Å². The van der Waals surface area contributed by atoms with Gasteiger partial charge in [0.2, 0.25) is 6.79 Å². The maximum atomic E-state index is 13.6. The maximum absolute atomic E-state index is 13.6. The zero-order valence-corrected chi connectivity index (χ0v) is 16.8. The van der Waals surface area contributed by atoms with Crippen LogP contribution in [-0.2, 0) is 10.0 Å². The molecule has 0 saturated carbocycles. The predicted octanol–water partition coefficient (Wildman–Crippen LogP) is 4.82. The Morgan fingerprint density at radius 2 is 1.69 bits per heavy atom. The van der Waals surface area contributed by atoms with Gasteiger partial charge < -0.3 is 9.47 Å². The first-order valence-electron chi connectivity index (χ1n) is 9.12. The molecular weight excluding hydrogens is 393 g/mol.